The molecule has 8 heteroatoms. The number of nitrogen functional groups attached to an aromatic ring is 1. The van der Waals surface area contributed by atoms with Gasteiger partial charge in [-0.1, -0.05) is 30.9 Å². The molecule has 2 unspecified atom stereocenters. The lowest BCUT2D eigenvalue weighted by Gasteiger charge is -2.22. The maximum Gasteiger partial charge on any atom is 0.243 e. The van der Waals surface area contributed by atoms with E-state index in [-0.39, 0.29) is 10.7 Å². The van der Waals surface area contributed by atoms with E-state index < -0.39 is 32.9 Å². The van der Waals surface area contributed by atoms with Crippen molar-refractivity contribution in [1.29, 1.82) is 0 Å². The van der Waals surface area contributed by atoms with Gasteiger partial charge in [0.1, 0.15) is 4.90 Å². The van der Waals surface area contributed by atoms with Gasteiger partial charge in [0.25, 0.3) is 0 Å². The zero-order valence-corrected chi connectivity index (χ0v) is 12.9. The van der Waals surface area contributed by atoms with Crippen molar-refractivity contribution >= 4 is 27.3 Å². The van der Waals surface area contributed by atoms with Crippen LogP contribution in [0.15, 0.2) is 17.0 Å². The van der Waals surface area contributed by atoms with Gasteiger partial charge >= 0.3 is 0 Å². The lowest BCUT2D eigenvalue weighted by atomic mass is 10.1. The summed E-state index contributed by atoms with van der Waals surface area (Å²) < 4.78 is 40.9. The molecule has 0 aromatic heterocycles. The van der Waals surface area contributed by atoms with Gasteiger partial charge in [-0.05, 0) is 25.0 Å². The number of aliphatic hydroxyl groups excluding tert-OH is 1. The lowest BCUT2D eigenvalue weighted by molar-refractivity contribution is 0.130. The Morgan fingerprint density at radius 3 is 2.67 bits per heavy atom. The fourth-order valence-corrected chi connectivity index (χ4v) is 4.19. The minimum Gasteiger partial charge on any atom is -0.399 e. The minimum atomic E-state index is -4.13. The van der Waals surface area contributed by atoms with Crippen molar-refractivity contribution in [2.45, 2.75) is 49.1 Å². The molecule has 0 aliphatic heterocycles. The van der Waals surface area contributed by atoms with E-state index in [0.717, 1.165) is 31.4 Å². The molecule has 2 rings (SSSR count). The molecule has 2 atom stereocenters. The first-order chi connectivity index (χ1) is 9.81. The van der Waals surface area contributed by atoms with Gasteiger partial charge in [-0.3, -0.25) is 0 Å². The molecule has 0 radical (unpaired) electrons. The van der Waals surface area contributed by atoms with Gasteiger partial charge < -0.3 is 10.8 Å². The average molecular weight is 337 g/mol. The predicted octanol–water partition coefficient (Wildman–Crippen LogP) is 2.03. The highest BCUT2D eigenvalue weighted by Crippen LogP contribution is 2.27. The molecule has 0 heterocycles. The first kappa shape index (κ1) is 16.5. The number of halogens is 2. The summed E-state index contributed by atoms with van der Waals surface area (Å²) in [5, 5.41) is 9.62. The zero-order chi connectivity index (χ0) is 15.6. The number of anilines is 1. The standard InChI is InChI=1S/C13H18ClFN2O3S/c14-9-6-8(16)7-12(13(9)15)21(19,20)17-10-4-2-1-3-5-11(10)18/h6-7,10-11,17-18H,1-5,16H2. The Balaban J connectivity index is 2.30. The molecule has 1 fully saturated rings. The van der Waals surface area contributed by atoms with E-state index >= 15 is 0 Å². The number of hydrogen-bond acceptors (Lipinski definition) is 4. The number of hydrogen-bond donors (Lipinski definition) is 3. The van der Waals surface area contributed by atoms with E-state index in [1.807, 2.05) is 0 Å². The molecule has 1 aromatic carbocycles. The highest BCUT2D eigenvalue weighted by atomic mass is 35.5. The molecule has 0 spiro atoms. The van der Waals surface area contributed by atoms with Crippen molar-refractivity contribution in [3.05, 3.63) is 23.0 Å². The number of sulfonamides is 1. The second-order valence-corrected chi connectivity index (χ2v) is 7.34. The smallest absolute Gasteiger partial charge is 0.243 e. The third kappa shape index (κ3) is 3.85. The second kappa shape index (κ2) is 6.48. The molecule has 118 valence electrons. The van der Waals surface area contributed by atoms with E-state index in [1.54, 1.807) is 0 Å². The van der Waals surface area contributed by atoms with Crippen LogP contribution >= 0.6 is 11.6 Å². The van der Waals surface area contributed by atoms with E-state index in [1.165, 1.54) is 0 Å². The number of benzene rings is 1. The number of nitrogens with one attached hydrogen (secondary N) is 1. The van der Waals surface area contributed by atoms with E-state index in [2.05, 4.69) is 4.72 Å². The zero-order valence-electron chi connectivity index (χ0n) is 11.4. The second-order valence-electron chi connectivity index (χ2n) is 5.25. The highest BCUT2D eigenvalue weighted by molar-refractivity contribution is 7.89. The van der Waals surface area contributed by atoms with Gasteiger partial charge in [0, 0.05) is 11.7 Å². The molecule has 1 saturated carbocycles. The van der Waals surface area contributed by atoms with Crippen molar-refractivity contribution in [1.82, 2.24) is 4.72 Å². The Labute approximate surface area is 128 Å². The molecule has 1 aliphatic rings. The summed E-state index contributed by atoms with van der Waals surface area (Å²) in [4.78, 5) is -0.594. The Morgan fingerprint density at radius 2 is 1.95 bits per heavy atom. The molecular weight excluding hydrogens is 319 g/mol. The first-order valence-electron chi connectivity index (χ1n) is 6.76. The fraction of sp³-hybridized carbons (Fsp3) is 0.538. The van der Waals surface area contributed by atoms with Gasteiger partial charge in [0.15, 0.2) is 5.82 Å². The maximum absolute atomic E-state index is 13.9. The summed E-state index contributed by atoms with van der Waals surface area (Å²) in [5.41, 5.74) is 5.58. The fourth-order valence-electron chi connectivity index (χ4n) is 2.47. The predicted molar refractivity (Wildman–Crippen MR) is 79.0 cm³/mol. The van der Waals surface area contributed by atoms with E-state index in [9.17, 15) is 17.9 Å². The van der Waals surface area contributed by atoms with Crippen LogP contribution in [0.5, 0.6) is 0 Å². The molecule has 0 bridgehead atoms. The van der Waals surface area contributed by atoms with Gasteiger partial charge in [0.2, 0.25) is 10.0 Å². The Kier molecular flexibility index (Phi) is 5.08. The van der Waals surface area contributed by atoms with Crippen LogP contribution in [0.2, 0.25) is 5.02 Å². The summed E-state index contributed by atoms with van der Waals surface area (Å²) >= 11 is 5.63. The lowest BCUT2D eigenvalue weighted by Crippen LogP contribution is -2.42. The largest absolute Gasteiger partial charge is 0.399 e. The van der Waals surface area contributed by atoms with Gasteiger partial charge in [-0.2, -0.15) is 0 Å². The Hall–Kier alpha value is -0.890. The molecule has 21 heavy (non-hydrogen) atoms. The van der Waals surface area contributed by atoms with Crippen molar-refractivity contribution in [3.63, 3.8) is 0 Å². The first-order valence-corrected chi connectivity index (χ1v) is 8.62. The molecule has 1 aliphatic carbocycles. The molecule has 5 nitrogen and oxygen atoms in total. The van der Waals surface area contributed by atoms with Crippen LogP contribution in [0, 0.1) is 5.82 Å². The summed E-state index contributed by atoms with van der Waals surface area (Å²) in [6.45, 7) is 0. The summed E-state index contributed by atoms with van der Waals surface area (Å²) in [6.07, 6.45) is 2.85. The van der Waals surface area contributed by atoms with E-state index in [0.29, 0.717) is 12.8 Å². The van der Waals surface area contributed by atoms with Crippen LogP contribution in [0.4, 0.5) is 10.1 Å². The van der Waals surface area contributed by atoms with Crippen LogP contribution in [0.25, 0.3) is 0 Å². The third-order valence-electron chi connectivity index (χ3n) is 3.59. The SMILES string of the molecule is Nc1cc(Cl)c(F)c(S(=O)(=O)NC2CCCCCC2O)c1. The third-order valence-corrected chi connectivity index (χ3v) is 5.36. The van der Waals surface area contributed by atoms with Crippen molar-refractivity contribution in [2.75, 3.05) is 5.73 Å². The number of aliphatic hydroxyl groups is 1. The Morgan fingerprint density at radius 1 is 1.29 bits per heavy atom. The van der Waals surface area contributed by atoms with Gasteiger partial charge in [-0.25, -0.2) is 17.5 Å². The van der Waals surface area contributed by atoms with E-state index in [4.69, 9.17) is 17.3 Å². The number of nitrogens with two attached hydrogens (primary N) is 1. The van der Waals surface area contributed by atoms with Crippen molar-refractivity contribution < 1.29 is 17.9 Å². The van der Waals surface area contributed by atoms with Crippen LogP contribution in [0.3, 0.4) is 0 Å². The highest BCUT2D eigenvalue weighted by Gasteiger charge is 2.29. The summed E-state index contributed by atoms with van der Waals surface area (Å²) in [5.74, 6) is -1.04. The van der Waals surface area contributed by atoms with Crippen LogP contribution in [-0.2, 0) is 10.0 Å². The normalized spacial score (nSPS) is 23.8. The molecule has 4 N–H and O–H groups in total. The maximum atomic E-state index is 13.9. The van der Waals surface area contributed by atoms with Gasteiger partial charge in [-0.15, -0.1) is 0 Å². The molecular formula is C13H18ClFN2O3S. The van der Waals surface area contributed by atoms with Crippen LogP contribution in [0.1, 0.15) is 32.1 Å². The van der Waals surface area contributed by atoms with Crippen molar-refractivity contribution in [2.24, 2.45) is 0 Å². The summed E-state index contributed by atoms with van der Waals surface area (Å²) in [7, 11) is -4.13. The number of rotatable bonds is 3. The average Bonchev–Trinajstić information content (AvgIpc) is 2.59. The topological polar surface area (TPSA) is 92.4 Å². The van der Waals surface area contributed by atoms with Crippen molar-refractivity contribution in [3.8, 4) is 0 Å². The summed E-state index contributed by atoms with van der Waals surface area (Å²) in [6, 6.07) is 1.54. The quantitative estimate of drug-likeness (QED) is 0.581. The van der Waals surface area contributed by atoms with Gasteiger partial charge in [0.05, 0.1) is 11.1 Å². The Bertz CT molecular complexity index is 624. The molecule has 0 saturated heterocycles. The monoisotopic (exact) mass is 336 g/mol. The molecule has 0 amide bonds. The minimum absolute atomic E-state index is 0.0585. The van der Waals surface area contributed by atoms with Crippen LogP contribution < -0.4 is 10.5 Å². The molecule has 1 aromatic rings. The van der Waals surface area contributed by atoms with Crippen LogP contribution in [-0.4, -0.2) is 25.7 Å².